The molecule has 4 aromatic rings. The van der Waals surface area contributed by atoms with Gasteiger partial charge in [0.25, 0.3) is 0 Å². The van der Waals surface area contributed by atoms with Crippen molar-refractivity contribution < 1.29 is 9.84 Å². The minimum absolute atomic E-state index is 0.156. The Morgan fingerprint density at radius 1 is 0.978 bits per heavy atom. The van der Waals surface area contributed by atoms with Gasteiger partial charge in [0.05, 0.1) is 32.6 Å². The zero-order chi connectivity index (χ0) is 30.6. The summed E-state index contributed by atoms with van der Waals surface area (Å²) in [5.41, 5.74) is 4.49. The first-order valence-corrected chi connectivity index (χ1v) is 18.0. The van der Waals surface area contributed by atoms with Crippen LogP contribution in [0.3, 0.4) is 0 Å². The second-order valence-electron chi connectivity index (χ2n) is 13.2. The van der Waals surface area contributed by atoms with Crippen molar-refractivity contribution in [1.29, 1.82) is 0 Å². The minimum atomic E-state index is -0.156. The van der Waals surface area contributed by atoms with E-state index in [0.29, 0.717) is 12.3 Å². The number of thioether (sulfide) groups is 1. The number of hydrogen-bond donors (Lipinski definition) is 1. The normalized spacial score (nSPS) is 24.0. The second kappa shape index (κ2) is 13.9. The van der Waals surface area contributed by atoms with Crippen LogP contribution in [0.25, 0.3) is 5.65 Å². The number of hydrogen-bond acceptors (Lipinski definition) is 8. The van der Waals surface area contributed by atoms with E-state index in [9.17, 15) is 5.11 Å². The summed E-state index contributed by atoms with van der Waals surface area (Å²) in [4.78, 5) is 11.5. The van der Waals surface area contributed by atoms with E-state index in [2.05, 4.69) is 68.4 Å². The Bertz CT molecular complexity index is 1530. The summed E-state index contributed by atoms with van der Waals surface area (Å²) < 4.78 is 9.56. The number of aliphatic hydroxyl groups excluding tert-OH is 1. The monoisotopic (exact) mass is 629 g/mol. The van der Waals surface area contributed by atoms with Crippen LogP contribution in [0.5, 0.6) is 0 Å². The number of piperidine rings is 1. The number of pyridine rings is 1. The molecule has 0 unspecified atom stereocenters. The summed E-state index contributed by atoms with van der Waals surface area (Å²) in [7, 11) is 0. The van der Waals surface area contributed by atoms with Gasteiger partial charge in [-0.05, 0) is 93.1 Å². The van der Waals surface area contributed by atoms with Crippen molar-refractivity contribution in [3.05, 3.63) is 77.5 Å². The number of likely N-dealkylation sites (tertiary alicyclic amines) is 1. The third-order valence-corrected chi connectivity index (χ3v) is 11.4. The van der Waals surface area contributed by atoms with Gasteiger partial charge in [-0.25, -0.2) is 9.50 Å². The summed E-state index contributed by atoms with van der Waals surface area (Å²) in [5.74, 6) is 1.25. The highest BCUT2D eigenvalue weighted by Gasteiger charge is 2.37. The SMILES string of the molecule is CSc1ccc(C2(CO)CCC(c3cccn4nc(Cc5cnn(CCN6CCC(N7CCOCC7)CC6)c5)nc34)CC2)cc1. The zero-order valence-corrected chi connectivity index (χ0v) is 27.4. The zero-order valence-electron chi connectivity index (χ0n) is 26.6. The molecular formula is C35H47N7O2S. The number of fused-ring (bicyclic) bond motifs is 1. The van der Waals surface area contributed by atoms with E-state index < -0.39 is 0 Å². The molecule has 1 saturated carbocycles. The largest absolute Gasteiger partial charge is 0.395 e. The molecule has 3 aliphatic rings. The first-order chi connectivity index (χ1) is 22.1. The predicted octanol–water partition coefficient (Wildman–Crippen LogP) is 4.62. The minimum Gasteiger partial charge on any atom is -0.395 e. The molecule has 0 spiro atoms. The molecule has 2 saturated heterocycles. The van der Waals surface area contributed by atoms with E-state index >= 15 is 0 Å². The lowest BCUT2D eigenvalue weighted by Gasteiger charge is -2.40. The van der Waals surface area contributed by atoms with Crippen molar-refractivity contribution >= 4 is 17.4 Å². The molecule has 5 heterocycles. The van der Waals surface area contributed by atoms with Crippen LogP contribution in [0, 0.1) is 0 Å². The Balaban J connectivity index is 0.944. The molecule has 3 aromatic heterocycles. The lowest BCUT2D eigenvalue weighted by Crippen LogP contribution is -2.49. The van der Waals surface area contributed by atoms with Gasteiger partial charge in [0.15, 0.2) is 11.5 Å². The van der Waals surface area contributed by atoms with Gasteiger partial charge in [-0.15, -0.1) is 11.8 Å². The average molecular weight is 630 g/mol. The van der Waals surface area contributed by atoms with Gasteiger partial charge in [-0.3, -0.25) is 9.58 Å². The Morgan fingerprint density at radius 2 is 1.76 bits per heavy atom. The Kier molecular flexibility index (Phi) is 9.56. The topological polar surface area (TPSA) is 84.0 Å². The second-order valence-corrected chi connectivity index (χ2v) is 14.1. The van der Waals surface area contributed by atoms with Crippen LogP contribution in [0.1, 0.15) is 67.0 Å². The van der Waals surface area contributed by atoms with Crippen LogP contribution in [0.15, 0.2) is 59.9 Å². The van der Waals surface area contributed by atoms with Crippen molar-refractivity contribution in [1.82, 2.24) is 34.2 Å². The number of ether oxygens (including phenoxy) is 1. The predicted molar refractivity (Wildman–Crippen MR) is 178 cm³/mol. The molecule has 1 aromatic carbocycles. The maximum Gasteiger partial charge on any atom is 0.159 e. The number of aliphatic hydroxyl groups is 1. The Labute approximate surface area is 271 Å². The molecule has 10 heteroatoms. The standard InChI is InChI=1S/C35H47N7O2S/c1-45-31-6-4-29(5-7-31)35(26-43)12-8-28(9-13-35)32-3-2-14-42-34(32)37-33(38-42)23-27-24-36-41(25-27)18-17-39-15-10-30(11-16-39)40-19-21-44-22-20-40/h2-7,14,24-25,28,30,43H,8-13,15-23,26H2,1H3. The van der Waals surface area contributed by atoms with E-state index in [1.807, 2.05) is 16.9 Å². The molecule has 2 aliphatic heterocycles. The molecule has 240 valence electrons. The van der Waals surface area contributed by atoms with Gasteiger partial charge < -0.3 is 14.7 Å². The molecule has 9 nitrogen and oxygen atoms in total. The summed E-state index contributed by atoms with van der Waals surface area (Å²) in [6, 6.07) is 13.8. The highest BCUT2D eigenvalue weighted by atomic mass is 32.2. The summed E-state index contributed by atoms with van der Waals surface area (Å²) in [6.07, 6.45) is 15.4. The van der Waals surface area contributed by atoms with Crippen LogP contribution >= 0.6 is 11.8 Å². The van der Waals surface area contributed by atoms with Crippen molar-refractivity contribution in [2.45, 2.75) is 73.8 Å². The maximum absolute atomic E-state index is 10.5. The molecule has 0 atom stereocenters. The summed E-state index contributed by atoms with van der Waals surface area (Å²) in [5, 5.41) is 20.0. The van der Waals surface area contributed by atoms with E-state index in [1.54, 1.807) is 11.8 Å². The van der Waals surface area contributed by atoms with Gasteiger partial charge >= 0.3 is 0 Å². The van der Waals surface area contributed by atoms with Crippen molar-refractivity contribution in [2.75, 3.05) is 58.8 Å². The third kappa shape index (κ3) is 6.86. The van der Waals surface area contributed by atoms with Crippen LogP contribution < -0.4 is 0 Å². The fourth-order valence-corrected chi connectivity index (χ4v) is 8.23. The molecule has 0 radical (unpaired) electrons. The van der Waals surface area contributed by atoms with Crippen LogP contribution in [-0.2, 0) is 23.1 Å². The molecule has 45 heavy (non-hydrogen) atoms. The highest BCUT2D eigenvalue weighted by molar-refractivity contribution is 7.98. The average Bonchev–Trinajstić information content (AvgIpc) is 3.74. The van der Waals surface area contributed by atoms with E-state index in [-0.39, 0.29) is 12.0 Å². The van der Waals surface area contributed by atoms with E-state index in [0.717, 1.165) is 101 Å². The molecule has 3 fully saturated rings. The van der Waals surface area contributed by atoms with Crippen LogP contribution in [0.4, 0.5) is 0 Å². The van der Waals surface area contributed by atoms with E-state index in [1.165, 1.54) is 28.9 Å². The smallest absolute Gasteiger partial charge is 0.159 e. The number of nitrogens with zero attached hydrogens (tertiary/aromatic N) is 7. The van der Waals surface area contributed by atoms with Gasteiger partial charge in [0, 0.05) is 60.4 Å². The first-order valence-electron chi connectivity index (χ1n) is 16.8. The third-order valence-electron chi connectivity index (χ3n) is 10.6. The number of benzene rings is 1. The lowest BCUT2D eigenvalue weighted by molar-refractivity contribution is 0.000617. The van der Waals surface area contributed by atoms with Gasteiger partial charge in [0.2, 0.25) is 0 Å². The molecule has 1 aliphatic carbocycles. The quantitative estimate of drug-likeness (QED) is 0.255. The fourth-order valence-electron chi connectivity index (χ4n) is 7.83. The molecule has 7 rings (SSSR count). The fraction of sp³-hybridized carbons (Fsp3) is 0.571. The molecule has 0 bridgehead atoms. The number of morpholine rings is 1. The first kappa shape index (κ1) is 30.9. The Morgan fingerprint density at radius 3 is 2.49 bits per heavy atom. The van der Waals surface area contributed by atoms with Gasteiger partial charge in [0.1, 0.15) is 0 Å². The van der Waals surface area contributed by atoms with Crippen molar-refractivity contribution in [3.8, 4) is 0 Å². The summed E-state index contributed by atoms with van der Waals surface area (Å²) >= 11 is 1.76. The number of rotatable bonds is 10. The molecular weight excluding hydrogens is 582 g/mol. The van der Waals surface area contributed by atoms with Crippen molar-refractivity contribution in [2.24, 2.45) is 0 Å². The lowest BCUT2D eigenvalue weighted by atomic mass is 9.66. The molecule has 1 N–H and O–H groups in total. The van der Waals surface area contributed by atoms with Crippen LogP contribution in [0.2, 0.25) is 0 Å². The highest BCUT2D eigenvalue weighted by Crippen LogP contribution is 2.45. The molecule has 0 amide bonds. The van der Waals surface area contributed by atoms with Crippen LogP contribution in [-0.4, -0.2) is 104 Å². The maximum atomic E-state index is 10.5. The van der Waals surface area contributed by atoms with Crippen molar-refractivity contribution in [3.63, 3.8) is 0 Å². The van der Waals surface area contributed by atoms with Gasteiger partial charge in [-0.2, -0.15) is 10.2 Å². The van der Waals surface area contributed by atoms with E-state index in [4.69, 9.17) is 14.8 Å². The van der Waals surface area contributed by atoms with Gasteiger partial charge in [-0.1, -0.05) is 18.2 Å². The Hall–Kier alpha value is -2.76. The number of aromatic nitrogens is 5. The summed E-state index contributed by atoms with van der Waals surface area (Å²) in [6.45, 7) is 8.40.